The number of methoxy groups -OCH3 is 3. The fraction of sp³-hybridized carbons (Fsp3) is 0.474. The number of morpholine rings is 1. The van der Waals surface area contributed by atoms with E-state index in [-0.39, 0.29) is 11.9 Å². The van der Waals surface area contributed by atoms with Crippen molar-refractivity contribution in [3.63, 3.8) is 0 Å². The minimum Gasteiger partial charge on any atom is -0.493 e. The lowest BCUT2D eigenvalue weighted by molar-refractivity contribution is 0.0338. The van der Waals surface area contributed by atoms with Gasteiger partial charge in [0.25, 0.3) is 0 Å². The summed E-state index contributed by atoms with van der Waals surface area (Å²) < 4.78 is 43.0. The Morgan fingerprint density at radius 3 is 2.21 bits per heavy atom. The predicted molar refractivity (Wildman–Crippen MR) is 191 cm³/mol. The SMILES string of the molecule is C=CC.CC.CC.COc1cc2c(cc1OC)C1Cc3c(CN4CCOCC4)cc(OC)c(OSc4cccc(F)c4)c3CN1CC2. The summed E-state index contributed by atoms with van der Waals surface area (Å²) in [5.41, 5.74) is 6.30. The van der Waals surface area contributed by atoms with Crippen molar-refractivity contribution in [3.8, 4) is 23.0 Å². The van der Waals surface area contributed by atoms with Gasteiger partial charge in [0, 0.05) is 44.3 Å². The molecule has 3 aromatic carbocycles. The normalized spacial score (nSPS) is 16.6. The fourth-order valence-corrected chi connectivity index (χ4v) is 6.77. The molecule has 7 nitrogen and oxygen atoms in total. The molecule has 0 aliphatic carbocycles. The maximum atomic E-state index is 13.9. The van der Waals surface area contributed by atoms with Crippen molar-refractivity contribution in [1.29, 1.82) is 0 Å². The number of halogens is 1. The zero-order chi connectivity index (χ0) is 34.3. The molecule has 6 rings (SSSR count). The monoisotopic (exact) mass is 668 g/mol. The summed E-state index contributed by atoms with van der Waals surface area (Å²) in [4.78, 5) is 5.67. The number of benzene rings is 3. The molecule has 3 aliphatic heterocycles. The molecule has 0 N–H and O–H groups in total. The van der Waals surface area contributed by atoms with Gasteiger partial charge >= 0.3 is 0 Å². The predicted octanol–water partition coefficient (Wildman–Crippen LogP) is 8.67. The number of hydrogen-bond acceptors (Lipinski definition) is 8. The summed E-state index contributed by atoms with van der Waals surface area (Å²) in [7, 11) is 5.06. The molecular formula is C38H53FN2O5S. The van der Waals surface area contributed by atoms with E-state index in [0.717, 1.165) is 87.9 Å². The van der Waals surface area contributed by atoms with Gasteiger partial charge in [0.05, 0.1) is 51.5 Å². The van der Waals surface area contributed by atoms with Crippen LogP contribution in [0.1, 0.15) is 68.5 Å². The maximum Gasteiger partial charge on any atom is 0.184 e. The van der Waals surface area contributed by atoms with Gasteiger partial charge in [-0.1, -0.05) is 39.8 Å². The first-order valence-corrected chi connectivity index (χ1v) is 17.4. The summed E-state index contributed by atoms with van der Waals surface area (Å²) in [5.74, 6) is 2.66. The Labute approximate surface area is 286 Å². The molecule has 258 valence electrons. The van der Waals surface area contributed by atoms with E-state index >= 15 is 0 Å². The molecule has 1 fully saturated rings. The Bertz CT molecular complexity index is 1430. The van der Waals surface area contributed by atoms with Crippen LogP contribution in [0.15, 0.2) is 60.0 Å². The molecular weight excluding hydrogens is 615 g/mol. The molecule has 47 heavy (non-hydrogen) atoms. The van der Waals surface area contributed by atoms with Crippen LogP contribution in [-0.4, -0.2) is 64.0 Å². The first kappa shape index (κ1) is 38.2. The van der Waals surface area contributed by atoms with E-state index in [9.17, 15) is 4.39 Å². The summed E-state index contributed by atoms with van der Waals surface area (Å²) >= 11 is 1.16. The molecule has 0 bridgehead atoms. The van der Waals surface area contributed by atoms with E-state index in [1.165, 1.54) is 34.4 Å². The summed E-state index contributed by atoms with van der Waals surface area (Å²) in [6.07, 6.45) is 3.53. The van der Waals surface area contributed by atoms with Gasteiger partial charge in [0.2, 0.25) is 0 Å². The lowest BCUT2D eigenvalue weighted by atomic mass is 9.81. The van der Waals surface area contributed by atoms with Crippen LogP contribution in [0.5, 0.6) is 23.0 Å². The standard InChI is InChI=1S/C31H35FN2O5S.C3H6.2C2H6/c1-35-28-13-20-7-8-34-19-26-24(16-27(34)25(20)17-29(28)36-2)21(18-33-9-11-38-12-10-33)14-30(37-3)31(26)39-40-23-6-4-5-22(32)15-23;1-3-2;2*1-2/h4-6,13-15,17,27H,7-12,16,18-19H2,1-3H3;3H,1H2,2H3;2*1-2H3. The first-order valence-electron chi connectivity index (χ1n) is 16.7. The largest absolute Gasteiger partial charge is 0.493 e. The average Bonchev–Trinajstić information content (AvgIpc) is 3.12. The van der Waals surface area contributed by atoms with Crippen LogP contribution < -0.4 is 18.4 Å². The van der Waals surface area contributed by atoms with Crippen molar-refractivity contribution in [3.05, 3.63) is 88.8 Å². The second-order valence-corrected chi connectivity index (χ2v) is 11.6. The summed E-state index contributed by atoms with van der Waals surface area (Å²) in [6.45, 7) is 19.0. The van der Waals surface area contributed by atoms with Gasteiger partial charge in [-0.05, 0) is 78.4 Å². The minimum absolute atomic E-state index is 0.219. The molecule has 3 aliphatic rings. The van der Waals surface area contributed by atoms with Gasteiger partial charge in [-0.3, -0.25) is 9.80 Å². The second kappa shape index (κ2) is 19.5. The van der Waals surface area contributed by atoms with Crippen molar-refractivity contribution >= 4 is 12.0 Å². The molecule has 3 aromatic rings. The number of rotatable bonds is 8. The Kier molecular flexibility index (Phi) is 15.9. The second-order valence-electron chi connectivity index (χ2n) is 10.8. The van der Waals surface area contributed by atoms with E-state index in [1.54, 1.807) is 33.5 Å². The van der Waals surface area contributed by atoms with Crippen LogP contribution in [0.25, 0.3) is 0 Å². The van der Waals surface area contributed by atoms with Crippen molar-refractivity contribution in [1.82, 2.24) is 9.80 Å². The average molecular weight is 669 g/mol. The van der Waals surface area contributed by atoms with Gasteiger partial charge in [-0.25, -0.2) is 4.39 Å². The lowest BCUT2D eigenvalue weighted by Crippen LogP contribution is -2.40. The molecule has 3 heterocycles. The minimum atomic E-state index is -0.287. The van der Waals surface area contributed by atoms with Crippen molar-refractivity contribution in [2.24, 2.45) is 0 Å². The molecule has 0 amide bonds. The molecule has 0 saturated carbocycles. The van der Waals surface area contributed by atoms with E-state index < -0.39 is 0 Å². The zero-order valence-corrected chi connectivity index (χ0v) is 30.3. The lowest BCUT2D eigenvalue weighted by Gasteiger charge is -2.43. The van der Waals surface area contributed by atoms with Gasteiger partial charge in [0.15, 0.2) is 23.0 Å². The highest BCUT2D eigenvalue weighted by Gasteiger charge is 2.37. The maximum absolute atomic E-state index is 13.9. The van der Waals surface area contributed by atoms with Gasteiger partial charge < -0.3 is 23.1 Å². The Morgan fingerprint density at radius 1 is 0.915 bits per heavy atom. The van der Waals surface area contributed by atoms with Crippen LogP contribution in [-0.2, 0) is 30.7 Å². The van der Waals surface area contributed by atoms with Crippen molar-refractivity contribution < 1.29 is 27.5 Å². The summed E-state index contributed by atoms with van der Waals surface area (Å²) in [6, 6.07) is 13.1. The van der Waals surface area contributed by atoms with E-state index in [4.69, 9.17) is 23.1 Å². The van der Waals surface area contributed by atoms with Crippen LogP contribution in [0.4, 0.5) is 4.39 Å². The Balaban J connectivity index is 0.000000799. The number of nitrogens with zero attached hydrogens (tertiary/aromatic N) is 2. The topological polar surface area (TPSA) is 52.6 Å². The van der Waals surface area contributed by atoms with Gasteiger partial charge in [0.1, 0.15) is 5.82 Å². The van der Waals surface area contributed by atoms with Crippen LogP contribution in [0.2, 0.25) is 0 Å². The molecule has 0 spiro atoms. The number of hydrogen-bond donors (Lipinski definition) is 0. The zero-order valence-electron chi connectivity index (χ0n) is 29.5. The molecule has 1 saturated heterocycles. The van der Waals surface area contributed by atoms with Crippen LogP contribution in [0.3, 0.4) is 0 Å². The van der Waals surface area contributed by atoms with Gasteiger partial charge in [-0.15, -0.1) is 6.58 Å². The number of allylic oxidation sites excluding steroid dienone is 1. The highest BCUT2D eigenvalue weighted by molar-refractivity contribution is 7.95. The Hall–Kier alpha value is -3.24. The van der Waals surface area contributed by atoms with Gasteiger partial charge in [-0.2, -0.15) is 0 Å². The van der Waals surface area contributed by atoms with E-state index in [1.807, 2.05) is 40.7 Å². The highest BCUT2D eigenvalue weighted by atomic mass is 32.2. The summed E-state index contributed by atoms with van der Waals surface area (Å²) in [5, 5.41) is 0. The number of ether oxygens (including phenoxy) is 4. The fourth-order valence-electron chi connectivity index (χ4n) is 6.11. The Morgan fingerprint density at radius 2 is 1.57 bits per heavy atom. The first-order chi connectivity index (χ1) is 23.0. The van der Waals surface area contributed by atoms with E-state index in [2.05, 4.69) is 34.6 Å². The van der Waals surface area contributed by atoms with Crippen LogP contribution >= 0.6 is 12.0 Å². The third-order valence-corrected chi connectivity index (χ3v) is 8.86. The smallest absolute Gasteiger partial charge is 0.184 e. The number of fused-ring (bicyclic) bond motifs is 4. The third kappa shape index (κ3) is 9.44. The highest BCUT2D eigenvalue weighted by Crippen LogP contribution is 2.48. The quantitative estimate of drug-likeness (QED) is 0.175. The molecule has 0 radical (unpaired) electrons. The van der Waals surface area contributed by atoms with E-state index in [0.29, 0.717) is 16.4 Å². The molecule has 0 aromatic heterocycles. The van der Waals surface area contributed by atoms with Crippen LogP contribution in [0, 0.1) is 5.82 Å². The third-order valence-electron chi connectivity index (χ3n) is 8.16. The molecule has 9 heteroatoms. The van der Waals surface area contributed by atoms with Crippen molar-refractivity contribution in [2.45, 2.75) is 71.5 Å². The van der Waals surface area contributed by atoms with Crippen molar-refractivity contribution in [2.75, 3.05) is 54.2 Å². The molecule has 1 atom stereocenters. The molecule has 1 unspecified atom stereocenters.